The second kappa shape index (κ2) is 5.91. The third-order valence-electron chi connectivity index (χ3n) is 3.22. The van der Waals surface area contributed by atoms with Crippen molar-refractivity contribution in [3.63, 3.8) is 0 Å². The van der Waals surface area contributed by atoms with E-state index >= 15 is 0 Å². The van der Waals surface area contributed by atoms with Crippen LogP contribution in [0.1, 0.15) is 42.3 Å². The third kappa shape index (κ3) is 3.70. The molecule has 2 heterocycles. The lowest BCUT2D eigenvalue weighted by atomic mass is 9.86. The lowest BCUT2D eigenvalue weighted by Gasteiger charge is -2.18. The summed E-state index contributed by atoms with van der Waals surface area (Å²) in [6.07, 6.45) is 0.884. The van der Waals surface area contributed by atoms with Gasteiger partial charge in [-0.1, -0.05) is 51.1 Å². The monoisotopic (exact) mass is 268 g/mol. The Morgan fingerprint density at radius 2 is 1.75 bits per heavy atom. The fourth-order valence-corrected chi connectivity index (χ4v) is 1.93. The Bertz CT molecular complexity index is 554. The molecule has 0 N–H and O–H groups in total. The predicted molar refractivity (Wildman–Crippen MR) is 81.3 cm³/mol. The number of ether oxygens (including phenoxy) is 1. The Hall–Kier alpha value is -2.09. The highest BCUT2D eigenvalue weighted by Gasteiger charge is 2.12. The van der Waals surface area contributed by atoms with Gasteiger partial charge in [-0.15, -0.1) is 0 Å². The van der Waals surface area contributed by atoms with Crippen molar-refractivity contribution in [2.75, 3.05) is 0 Å². The molecule has 2 aromatic rings. The summed E-state index contributed by atoms with van der Waals surface area (Å²) in [6, 6.07) is 15.9. The van der Waals surface area contributed by atoms with Crippen molar-refractivity contribution < 1.29 is 9.53 Å². The molecule has 0 amide bonds. The van der Waals surface area contributed by atoms with Gasteiger partial charge in [0.15, 0.2) is 0 Å². The largest absolute Gasteiger partial charge is 0.489 e. The molecule has 0 radical (unpaired) electrons. The first-order valence-corrected chi connectivity index (χ1v) is 6.76. The predicted octanol–water partition coefficient (Wildman–Crippen LogP) is 4.38. The summed E-state index contributed by atoms with van der Waals surface area (Å²) in [7, 11) is 0. The van der Waals surface area contributed by atoms with Crippen molar-refractivity contribution in [3.8, 4) is 5.75 Å². The quantitative estimate of drug-likeness (QED) is 0.718. The van der Waals surface area contributed by atoms with Crippen molar-refractivity contribution in [1.82, 2.24) is 0 Å². The average molecular weight is 268 g/mol. The summed E-state index contributed by atoms with van der Waals surface area (Å²) in [4.78, 5) is 10.5. The second-order valence-corrected chi connectivity index (χ2v) is 5.93. The van der Waals surface area contributed by atoms with Crippen LogP contribution in [0.5, 0.6) is 5.75 Å². The zero-order valence-corrected chi connectivity index (χ0v) is 12.2. The number of hydrogen-bond donors (Lipinski definition) is 0. The van der Waals surface area contributed by atoms with Crippen LogP contribution < -0.4 is 4.74 Å². The maximum atomic E-state index is 10.5. The fraction of sp³-hybridized carbons (Fsp3) is 0.278. The van der Waals surface area contributed by atoms with Crippen LogP contribution in [0.25, 0.3) is 0 Å². The molecular formula is C18H20O2. The van der Waals surface area contributed by atoms with Gasteiger partial charge in [-0.25, -0.2) is 0 Å². The molecule has 2 nitrogen and oxygen atoms in total. The van der Waals surface area contributed by atoms with Crippen molar-refractivity contribution in [3.05, 3.63) is 65.2 Å². The maximum Gasteiger partial charge on any atom is 0.150 e. The standard InChI is InChI=1S/C11H14O.C7H6O/c1-11(2,3)10-6-4-5-9(7-10)8-12;1-3-7-4-2-6(1)5-8-7/h4-8H,1-3H3;1-4H,5H2. The minimum Gasteiger partial charge on any atom is -0.489 e. The molecule has 2 aliphatic heterocycles. The molecule has 0 unspecified atom stereocenters. The van der Waals surface area contributed by atoms with Gasteiger partial charge in [-0.3, -0.25) is 4.79 Å². The van der Waals surface area contributed by atoms with E-state index in [1.807, 2.05) is 36.4 Å². The maximum absolute atomic E-state index is 10.5. The molecule has 0 aliphatic carbocycles. The van der Waals surface area contributed by atoms with E-state index in [-0.39, 0.29) is 5.41 Å². The number of hydrogen-bond acceptors (Lipinski definition) is 2. The van der Waals surface area contributed by atoms with Crippen molar-refractivity contribution >= 4 is 6.29 Å². The summed E-state index contributed by atoms with van der Waals surface area (Å²) in [5.74, 6) is 0.986. The summed E-state index contributed by atoms with van der Waals surface area (Å²) in [6.45, 7) is 7.17. The van der Waals surface area contributed by atoms with Gasteiger partial charge in [0.2, 0.25) is 0 Å². The van der Waals surface area contributed by atoms with E-state index in [0.29, 0.717) is 0 Å². The van der Waals surface area contributed by atoms with E-state index in [1.165, 1.54) is 11.1 Å². The molecule has 2 bridgehead atoms. The zero-order valence-electron chi connectivity index (χ0n) is 12.2. The number of rotatable bonds is 1. The molecule has 4 rings (SSSR count). The second-order valence-electron chi connectivity index (χ2n) is 5.93. The highest BCUT2D eigenvalue weighted by atomic mass is 16.5. The fourth-order valence-electron chi connectivity index (χ4n) is 1.93. The first-order valence-electron chi connectivity index (χ1n) is 6.76. The summed E-state index contributed by atoms with van der Waals surface area (Å²) < 4.78 is 5.18. The van der Waals surface area contributed by atoms with Crippen molar-refractivity contribution in [2.24, 2.45) is 0 Å². The molecule has 20 heavy (non-hydrogen) atoms. The molecule has 2 aromatic carbocycles. The van der Waals surface area contributed by atoms with E-state index in [4.69, 9.17) is 4.74 Å². The van der Waals surface area contributed by atoms with Crippen LogP contribution in [0.15, 0.2) is 48.5 Å². The molecule has 0 aromatic heterocycles. The molecule has 2 aliphatic rings. The molecule has 0 fully saturated rings. The highest BCUT2D eigenvalue weighted by Crippen LogP contribution is 2.22. The lowest BCUT2D eigenvalue weighted by Crippen LogP contribution is -2.10. The zero-order chi connectivity index (χ0) is 14.6. The molecular weight excluding hydrogens is 248 g/mol. The first-order chi connectivity index (χ1) is 9.49. The van der Waals surface area contributed by atoms with Crippen LogP contribution in [0.4, 0.5) is 0 Å². The van der Waals surface area contributed by atoms with Gasteiger partial charge in [-0.2, -0.15) is 0 Å². The Labute approximate surface area is 120 Å². The van der Waals surface area contributed by atoms with E-state index < -0.39 is 0 Å². The minimum absolute atomic E-state index is 0.124. The van der Waals surface area contributed by atoms with E-state index in [0.717, 1.165) is 24.2 Å². The Morgan fingerprint density at radius 3 is 2.10 bits per heavy atom. The van der Waals surface area contributed by atoms with Crippen LogP contribution in [0.3, 0.4) is 0 Å². The third-order valence-corrected chi connectivity index (χ3v) is 3.22. The molecule has 104 valence electrons. The topological polar surface area (TPSA) is 26.3 Å². The van der Waals surface area contributed by atoms with E-state index in [9.17, 15) is 4.79 Å². The SMILES string of the molecule is CC(C)(C)c1cccc(C=O)c1.c1cc2ccc1CO2. The van der Waals surface area contributed by atoms with Crippen LogP contribution in [0, 0.1) is 0 Å². The lowest BCUT2D eigenvalue weighted by molar-refractivity contribution is 0.112. The Balaban J connectivity index is 0.000000157. The van der Waals surface area contributed by atoms with Gasteiger partial charge in [0.1, 0.15) is 18.6 Å². The molecule has 0 saturated heterocycles. The van der Waals surface area contributed by atoms with Crippen molar-refractivity contribution in [2.45, 2.75) is 32.8 Å². The summed E-state index contributed by atoms with van der Waals surface area (Å²) >= 11 is 0. The molecule has 0 atom stereocenters. The normalized spacial score (nSPS) is 12.2. The van der Waals surface area contributed by atoms with Gasteiger partial charge in [-0.05, 0) is 34.7 Å². The Kier molecular flexibility index (Phi) is 4.23. The van der Waals surface area contributed by atoms with Gasteiger partial charge in [0.05, 0.1) is 0 Å². The number of aldehydes is 1. The number of carbonyl (C=O) groups excluding carboxylic acids is 1. The van der Waals surface area contributed by atoms with Gasteiger partial charge in [0.25, 0.3) is 0 Å². The van der Waals surface area contributed by atoms with Crippen LogP contribution in [-0.2, 0) is 12.0 Å². The minimum atomic E-state index is 0.124. The van der Waals surface area contributed by atoms with Gasteiger partial charge >= 0.3 is 0 Å². The van der Waals surface area contributed by atoms with Gasteiger partial charge < -0.3 is 4.74 Å². The van der Waals surface area contributed by atoms with Crippen LogP contribution >= 0.6 is 0 Å². The van der Waals surface area contributed by atoms with Crippen LogP contribution in [-0.4, -0.2) is 6.29 Å². The number of carbonyl (C=O) groups is 1. The highest BCUT2D eigenvalue weighted by molar-refractivity contribution is 5.75. The summed E-state index contributed by atoms with van der Waals surface area (Å²) in [5, 5.41) is 0. The molecule has 0 saturated carbocycles. The van der Waals surface area contributed by atoms with Gasteiger partial charge in [0, 0.05) is 5.56 Å². The Morgan fingerprint density at radius 1 is 1.05 bits per heavy atom. The first kappa shape index (κ1) is 14.3. The smallest absolute Gasteiger partial charge is 0.150 e. The summed E-state index contributed by atoms with van der Waals surface area (Å²) in [5.41, 5.74) is 3.34. The average Bonchev–Trinajstić information content (AvgIpc) is 2.49. The van der Waals surface area contributed by atoms with E-state index in [2.05, 4.69) is 32.9 Å². The van der Waals surface area contributed by atoms with Crippen LogP contribution in [0.2, 0.25) is 0 Å². The molecule has 2 heteroatoms. The number of fused-ring (bicyclic) bond motifs is 3. The van der Waals surface area contributed by atoms with Crippen molar-refractivity contribution in [1.29, 1.82) is 0 Å². The number of benzene rings is 2. The van der Waals surface area contributed by atoms with E-state index in [1.54, 1.807) is 0 Å². The molecule has 0 spiro atoms.